The summed E-state index contributed by atoms with van der Waals surface area (Å²) in [6.07, 6.45) is 0.461. The van der Waals surface area contributed by atoms with Crippen molar-refractivity contribution in [3.05, 3.63) is 59.2 Å². The van der Waals surface area contributed by atoms with E-state index in [1.165, 1.54) is 0 Å². The molecule has 4 nitrogen and oxygen atoms in total. The minimum atomic E-state index is -0.0897. The molecule has 148 valence electrons. The van der Waals surface area contributed by atoms with Gasteiger partial charge >= 0.3 is 0 Å². The van der Waals surface area contributed by atoms with E-state index >= 15 is 0 Å². The van der Waals surface area contributed by atoms with Gasteiger partial charge in [0, 0.05) is 17.8 Å². The van der Waals surface area contributed by atoms with E-state index in [4.69, 9.17) is 0 Å². The minimum Gasteiger partial charge on any atom is -0.326 e. The van der Waals surface area contributed by atoms with Gasteiger partial charge in [0.25, 0.3) is 0 Å². The highest BCUT2D eigenvalue weighted by atomic mass is 32.2. The number of rotatable bonds is 4. The Bertz CT molecular complexity index is 881. The quantitative estimate of drug-likeness (QED) is 0.747. The normalized spacial score (nSPS) is 17.1. The van der Waals surface area contributed by atoms with E-state index in [1.54, 1.807) is 11.8 Å². The van der Waals surface area contributed by atoms with Crippen molar-refractivity contribution in [3.63, 3.8) is 0 Å². The van der Waals surface area contributed by atoms with Crippen LogP contribution in [-0.2, 0) is 9.59 Å². The molecule has 1 aliphatic heterocycles. The molecule has 1 heterocycles. The standard InChI is InChI=1S/C23H28N2O2S/c1-15-9-16(2)11-19(10-15)25-21(27)14-28-22(25)17-7-6-8-18(12-17)24-20(26)13-23(3,4)5/h6-12,22H,13-14H2,1-5H3,(H,24,26)/t22-/m1/s1. The summed E-state index contributed by atoms with van der Waals surface area (Å²) >= 11 is 1.62. The Hall–Kier alpha value is -2.27. The molecule has 0 aliphatic carbocycles. The van der Waals surface area contributed by atoms with Gasteiger partial charge in [0.2, 0.25) is 11.8 Å². The van der Waals surface area contributed by atoms with Gasteiger partial charge in [0.1, 0.15) is 5.37 Å². The van der Waals surface area contributed by atoms with Gasteiger partial charge in [-0.2, -0.15) is 0 Å². The summed E-state index contributed by atoms with van der Waals surface area (Å²) in [5.74, 6) is 0.575. The predicted octanol–water partition coefficient (Wildman–Crippen LogP) is 5.46. The molecule has 1 fully saturated rings. The average molecular weight is 397 g/mol. The van der Waals surface area contributed by atoms with Crippen LogP contribution in [0.3, 0.4) is 0 Å². The lowest BCUT2D eigenvalue weighted by Crippen LogP contribution is -2.28. The molecule has 28 heavy (non-hydrogen) atoms. The number of thioether (sulfide) groups is 1. The maximum atomic E-state index is 12.6. The van der Waals surface area contributed by atoms with Gasteiger partial charge in [0.05, 0.1) is 5.75 Å². The summed E-state index contributed by atoms with van der Waals surface area (Å²) in [4.78, 5) is 26.8. The second kappa shape index (κ2) is 8.00. The minimum absolute atomic E-state index is 0.00552. The van der Waals surface area contributed by atoms with Gasteiger partial charge in [-0.05, 0) is 60.2 Å². The van der Waals surface area contributed by atoms with E-state index in [2.05, 4.69) is 23.5 Å². The molecule has 0 aromatic heterocycles. The number of aryl methyl sites for hydroxylation is 2. The molecular weight excluding hydrogens is 368 g/mol. The number of hydrogen-bond acceptors (Lipinski definition) is 3. The lowest BCUT2D eigenvalue weighted by Gasteiger charge is -2.25. The Morgan fingerprint density at radius 3 is 2.46 bits per heavy atom. The molecule has 1 saturated heterocycles. The summed E-state index contributed by atoms with van der Waals surface area (Å²) in [5, 5.41) is 2.91. The lowest BCUT2D eigenvalue weighted by atomic mass is 9.92. The van der Waals surface area contributed by atoms with Crippen LogP contribution in [-0.4, -0.2) is 17.6 Å². The van der Waals surface area contributed by atoms with Crippen LogP contribution in [0.25, 0.3) is 0 Å². The molecule has 3 rings (SSSR count). The van der Waals surface area contributed by atoms with Gasteiger partial charge < -0.3 is 5.32 Å². The van der Waals surface area contributed by atoms with Crippen molar-refractivity contribution in [1.82, 2.24) is 0 Å². The average Bonchev–Trinajstić information content (AvgIpc) is 2.94. The van der Waals surface area contributed by atoms with E-state index in [1.807, 2.05) is 63.8 Å². The van der Waals surface area contributed by atoms with Crippen LogP contribution in [0.4, 0.5) is 11.4 Å². The van der Waals surface area contributed by atoms with Crippen LogP contribution in [0.2, 0.25) is 0 Å². The Balaban J connectivity index is 1.86. The lowest BCUT2D eigenvalue weighted by molar-refractivity contribution is -0.118. The number of anilines is 2. The molecule has 2 aromatic carbocycles. The van der Waals surface area contributed by atoms with Crippen LogP contribution in [0.5, 0.6) is 0 Å². The fourth-order valence-electron chi connectivity index (χ4n) is 3.50. The summed E-state index contributed by atoms with van der Waals surface area (Å²) in [6.45, 7) is 10.2. The van der Waals surface area contributed by atoms with Crippen LogP contribution in [0.15, 0.2) is 42.5 Å². The predicted molar refractivity (Wildman–Crippen MR) is 118 cm³/mol. The van der Waals surface area contributed by atoms with Gasteiger partial charge in [-0.25, -0.2) is 0 Å². The van der Waals surface area contributed by atoms with E-state index < -0.39 is 0 Å². The first-order valence-corrected chi connectivity index (χ1v) is 10.6. The van der Waals surface area contributed by atoms with Gasteiger partial charge in [-0.15, -0.1) is 11.8 Å². The maximum Gasteiger partial charge on any atom is 0.238 e. The number of hydrogen-bond donors (Lipinski definition) is 1. The highest BCUT2D eigenvalue weighted by Crippen LogP contribution is 2.42. The Kier molecular flexibility index (Phi) is 5.84. The first-order chi connectivity index (χ1) is 13.1. The van der Waals surface area contributed by atoms with Crippen LogP contribution < -0.4 is 10.2 Å². The largest absolute Gasteiger partial charge is 0.326 e. The summed E-state index contributed by atoms with van der Waals surface area (Å²) in [6, 6.07) is 14.0. The fraction of sp³-hybridized carbons (Fsp3) is 0.391. The number of nitrogens with zero attached hydrogens (tertiary/aromatic N) is 1. The Morgan fingerprint density at radius 2 is 1.82 bits per heavy atom. The van der Waals surface area contributed by atoms with Crippen LogP contribution >= 0.6 is 11.8 Å². The fourth-order valence-corrected chi connectivity index (χ4v) is 4.66. The van der Waals surface area contributed by atoms with Crippen molar-refractivity contribution >= 4 is 35.0 Å². The molecule has 5 heteroatoms. The monoisotopic (exact) mass is 396 g/mol. The van der Waals surface area contributed by atoms with Gasteiger partial charge in [-0.1, -0.05) is 39.0 Å². The second-order valence-corrected chi connectivity index (χ2v) is 9.75. The smallest absolute Gasteiger partial charge is 0.238 e. The number of nitrogens with one attached hydrogen (secondary N) is 1. The zero-order valence-corrected chi connectivity index (χ0v) is 18.0. The summed E-state index contributed by atoms with van der Waals surface area (Å²) in [7, 11) is 0. The highest BCUT2D eigenvalue weighted by molar-refractivity contribution is 8.00. The molecule has 1 N–H and O–H groups in total. The zero-order valence-electron chi connectivity index (χ0n) is 17.2. The van der Waals surface area contributed by atoms with Crippen molar-refractivity contribution < 1.29 is 9.59 Å². The number of carbonyl (C=O) groups is 2. The number of amides is 2. The summed E-state index contributed by atoms with van der Waals surface area (Å²) < 4.78 is 0. The Morgan fingerprint density at radius 1 is 1.14 bits per heavy atom. The number of benzene rings is 2. The van der Waals surface area contributed by atoms with E-state index in [0.29, 0.717) is 12.2 Å². The van der Waals surface area contributed by atoms with Crippen molar-refractivity contribution in [1.29, 1.82) is 0 Å². The summed E-state index contributed by atoms with van der Waals surface area (Å²) in [5.41, 5.74) is 4.94. The molecule has 0 radical (unpaired) electrons. The SMILES string of the molecule is Cc1cc(C)cc(N2C(=O)CS[C@@H]2c2cccc(NC(=O)CC(C)(C)C)c2)c1. The van der Waals surface area contributed by atoms with E-state index in [-0.39, 0.29) is 22.6 Å². The third-order valence-corrected chi connectivity index (χ3v) is 5.71. The molecule has 2 aromatic rings. The first-order valence-electron chi connectivity index (χ1n) is 9.54. The van der Waals surface area contributed by atoms with Crippen molar-refractivity contribution in [2.45, 2.75) is 46.4 Å². The van der Waals surface area contributed by atoms with E-state index in [0.717, 1.165) is 28.1 Å². The third-order valence-electron chi connectivity index (χ3n) is 4.50. The highest BCUT2D eigenvalue weighted by Gasteiger charge is 2.34. The van der Waals surface area contributed by atoms with Gasteiger partial charge in [-0.3, -0.25) is 14.5 Å². The van der Waals surface area contributed by atoms with Crippen LogP contribution in [0.1, 0.15) is 49.3 Å². The van der Waals surface area contributed by atoms with Gasteiger partial charge in [0.15, 0.2) is 0 Å². The topological polar surface area (TPSA) is 49.4 Å². The maximum absolute atomic E-state index is 12.6. The molecule has 0 saturated carbocycles. The van der Waals surface area contributed by atoms with Crippen molar-refractivity contribution in [2.75, 3.05) is 16.0 Å². The van der Waals surface area contributed by atoms with Crippen LogP contribution in [0, 0.1) is 19.3 Å². The molecular formula is C23H28N2O2S. The molecule has 0 spiro atoms. The number of carbonyl (C=O) groups excluding carboxylic acids is 2. The molecule has 1 atom stereocenters. The second-order valence-electron chi connectivity index (χ2n) is 8.68. The first kappa shape index (κ1) is 20.5. The van der Waals surface area contributed by atoms with Crippen molar-refractivity contribution in [2.24, 2.45) is 5.41 Å². The molecule has 0 unspecified atom stereocenters. The Labute approximate surface area is 171 Å². The van der Waals surface area contributed by atoms with E-state index in [9.17, 15) is 9.59 Å². The van der Waals surface area contributed by atoms with Crippen molar-refractivity contribution in [3.8, 4) is 0 Å². The molecule has 0 bridgehead atoms. The third kappa shape index (κ3) is 4.96. The molecule has 1 aliphatic rings. The molecule has 2 amide bonds. The zero-order chi connectivity index (χ0) is 20.5.